The minimum Gasteiger partial charge on any atom is -0.488 e. The molecule has 7 nitrogen and oxygen atoms in total. The first kappa shape index (κ1) is 15.7. The number of rotatable bonds is 5. The second-order valence-electron chi connectivity index (χ2n) is 4.64. The van der Waals surface area contributed by atoms with Crippen LogP contribution in [-0.4, -0.2) is 30.9 Å². The van der Waals surface area contributed by atoms with Crippen LogP contribution in [0.3, 0.4) is 0 Å². The van der Waals surface area contributed by atoms with Crippen molar-refractivity contribution in [3.63, 3.8) is 0 Å². The molecule has 0 bridgehead atoms. The van der Waals surface area contributed by atoms with Gasteiger partial charge >= 0.3 is 0 Å². The average molecular weight is 305 g/mol. The molecule has 1 heterocycles. The van der Waals surface area contributed by atoms with E-state index in [0.29, 0.717) is 13.2 Å². The van der Waals surface area contributed by atoms with Crippen molar-refractivity contribution in [3.05, 3.63) is 24.0 Å². The number of hydrazone groups is 1. The summed E-state index contributed by atoms with van der Waals surface area (Å²) < 4.78 is 25.0. The molecule has 0 radical (unpaired) electrons. The Kier molecular flexibility index (Phi) is 5.27. The van der Waals surface area contributed by atoms with Crippen molar-refractivity contribution in [2.45, 2.75) is 18.9 Å². The third-order valence-electron chi connectivity index (χ3n) is 3.08. The molecule has 2 rings (SSSR count). The molecule has 1 fully saturated rings. The molecule has 8 heteroatoms. The number of nitrogens with one attached hydrogen (secondary N) is 2. The summed E-state index contributed by atoms with van der Waals surface area (Å²) in [6, 6.07) is 6.03. The van der Waals surface area contributed by atoms with Gasteiger partial charge in [0, 0.05) is 12.8 Å². The van der Waals surface area contributed by atoms with Gasteiger partial charge < -0.3 is 15.2 Å². The molecule has 0 aromatic heterocycles. The molecule has 1 aromatic carbocycles. The number of para-hydroxylation sites is 1. The lowest BCUT2D eigenvalue weighted by molar-refractivity contribution is 0.0257. The third-order valence-corrected chi connectivity index (χ3v) is 3.08. The second-order valence-corrected chi connectivity index (χ2v) is 4.64. The highest BCUT2D eigenvalue weighted by Gasteiger charge is 2.18. The van der Waals surface area contributed by atoms with Crippen LogP contribution in [0, 0.1) is 22.6 Å². The Labute approximate surface area is 127 Å². The van der Waals surface area contributed by atoms with Gasteiger partial charge in [0.15, 0.2) is 11.7 Å². The Bertz CT molecular complexity index is 620. The number of halogens is 1. The van der Waals surface area contributed by atoms with Gasteiger partial charge in [-0.05, 0) is 12.1 Å². The third kappa shape index (κ3) is 3.93. The Morgan fingerprint density at radius 3 is 2.86 bits per heavy atom. The lowest BCUT2D eigenvalue weighted by Crippen LogP contribution is -2.26. The van der Waals surface area contributed by atoms with Crippen molar-refractivity contribution in [1.29, 1.82) is 10.7 Å². The Morgan fingerprint density at radius 1 is 1.50 bits per heavy atom. The molecule has 1 saturated heterocycles. The molecule has 0 atom stereocenters. The van der Waals surface area contributed by atoms with Gasteiger partial charge in [0.25, 0.3) is 0 Å². The zero-order chi connectivity index (χ0) is 15.9. The van der Waals surface area contributed by atoms with E-state index in [-0.39, 0.29) is 23.3 Å². The van der Waals surface area contributed by atoms with E-state index >= 15 is 0 Å². The zero-order valence-corrected chi connectivity index (χ0v) is 11.8. The molecule has 0 saturated carbocycles. The normalized spacial score (nSPS) is 15.9. The number of hydrogen-bond donors (Lipinski definition) is 3. The summed E-state index contributed by atoms with van der Waals surface area (Å²) in [6.07, 6.45) is 1.37. The summed E-state index contributed by atoms with van der Waals surface area (Å²) in [4.78, 5) is 0. The molecule has 0 unspecified atom stereocenters. The molecular formula is C14H16FN5O2. The highest BCUT2D eigenvalue weighted by molar-refractivity contribution is 6.45. The van der Waals surface area contributed by atoms with Gasteiger partial charge in [-0.1, -0.05) is 6.07 Å². The Morgan fingerprint density at radius 2 is 2.23 bits per heavy atom. The van der Waals surface area contributed by atoms with E-state index in [1.165, 1.54) is 12.1 Å². The molecule has 0 spiro atoms. The molecule has 0 aliphatic carbocycles. The number of nitrogens with two attached hydrogens (primary N) is 1. The van der Waals surface area contributed by atoms with E-state index in [1.54, 1.807) is 12.1 Å². The molecule has 1 aliphatic heterocycles. The van der Waals surface area contributed by atoms with Crippen LogP contribution < -0.4 is 15.9 Å². The number of nitriles is 1. The van der Waals surface area contributed by atoms with Crippen molar-refractivity contribution in [3.8, 4) is 11.8 Å². The Balaban J connectivity index is 2.19. The molecule has 0 amide bonds. The first-order chi connectivity index (χ1) is 10.6. The van der Waals surface area contributed by atoms with E-state index < -0.39 is 11.7 Å². The van der Waals surface area contributed by atoms with Crippen LogP contribution >= 0.6 is 0 Å². The standard InChI is InChI=1S/C14H16FN5O2/c15-10-2-1-3-12(22-9-4-6-21-7-5-9)13(10)20-19-11(8-16)14(17)18/h1-3,9,20H,4-7H2,(H3,17,18)/b19-11+. The maximum atomic E-state index is 14.0. The fourth-order valence-corrected chi connectivity index (χ4v) is 1.94. The van der Waals surface area contributed by atoms with Crippen molar-refractivity contribution >= 4 is 17.2 Å². The number of anilines is 1. The lowest BCUT2D eigenvalue weighted by atomic mass is 10.1. The maximum Gasteiger partial charge on any atom is 0.201 e. The topological polar surface area (TPSA) is 117 Å². The molecule has 1 aromatic rings. The minimum atomic E-state index is -0.575. The van der Waals surface area contributed by atoms with E-state index in [4.69, 9.17) is 25.9 Å². The molecule has 116 valence electrons. The van der Waals surface area contributed by atoms with Crippen molar-refractivity contribution in [1.82, 2.24) is 0 Å². The lowest BCUT2D eigenvalue weighted by Gasteiger charge is -2.24. The summed E-state index contributed by atoms with van der Waals surface area (Å²) in [6.45, 7) is 1.20. The van der Waals surface area contributed by atoms with E-state index in [2.05, 4.69) is 10.5 Å². The van der Waals surface area contributed by atoms with Crippen LogP contribution in [0.2, 0.25) is 0 Å². The van der Waals surface area contributed by atoms with E-state index in [9.17, 15) is 4.39 Å². The monoisotopic (exact) mass is 305 g/mol. The number of amidine groups is 1. The summed E-state index contributed by atoms with van der Waals surface area (Å²) in [5, 5.41) is 19.6. The fourth-order valence-electron chi connectivity index (χ4n) is 1.94. The fraction of sp³-hybridized carbons (Fsp3) is 0.357. The number of ether oxygens (including phenoxy) is 2. The summed E-state index contributed by atoms with van der Waals surface area (Å²) in [7, 11) is 0. The van der Waals surface area contributed by atoms with Gasteiger partial charge in [0.05, 0.1) is 13.2 Å². The van der Waals surface area contributed by atoms with E-state index in [0.717, 1.165) is 12.8 Å². The van der Waals surface area contributed by atoms with Gasteiger partial charge in [0.1, 0.15) is 23.6 Å². The summed E-state index contributed by atoms with van der Waals surface area (Å²) >= 11 is 0. The predicted octanol–water partition coefficient (Wildman–Crippen LogP) is 1.61. The predicted molar refractivity (Wildman–Crippen MR) is 79.5 cm³/mol. The van der Waals surface area contributed by atoms with Crippen LogP contribution in [0.25, 0.3) is 0 Å². The van der Waals surface area contributed by atoms with Crippen LogP contribution in [0.4, 0.5) is 10.1 Å². The number of benzene rings is 1. The summed E-state index contributed by atoms with van der Waals surface area (Å²) in [5.41, 5.74) is 7.27. The molecule has 22 heavy (non-hydrogen) atoms. The number of hydrogen-bond acceptors (Lipinski definition) is 6. The number of nitrogens with zero attached hydrogens (tertiary/aromatic N) is 2. The van der Waals surface area contributed by atoms with Crippen molar-refractivity contribution in [2.75, 3.05) is 18.6 Å². The molecule has 4 N–H and O–H groups in total. The van der Waals surface area contributed by atoms with Crippen molar-refractivity contribution in [2.24, 2.45) is 10.8 Å². The minimum absolute atomic E-state index is 0.00277. The van der Waals surface area contributed by atoms with Gasteiger partial charge in [-0.2, -0.15) is 10.4 Å². The molecular weight excluding hydrogens is 289 g/mol. The quantitative estimate of drug-likeness (QED) is 0.434. The van der Waals surface area contributed by atoms with Crippen LogP contribution in [0.1, 0.15) is 12.8 Å². The van der Waals surface area contributed by atoms with Gasteiger partial charge in [0.2, 0.25) is 5.71 Å². The first-order valence-corrected chi connectivity index (χ1v) is 6.73. The second kappa shape index (κ2) is 7.38. The highest BCUT2D eigenvalue weighted by Crippen LogP contribution is 2.29. The zero-order valence-electron chi connectivity index (χ0n) is 11.8. The smallest absolute Gasteiger partial charge is 0.201 e. The Hall–Kier alpha value is -2.66. The van der Waals surface area contributed by atoms with Crippen LogP contribution in [0.15, 0.2) is 23.3 Å². The highest BCUT2D eigenvalue weighted by atomic mass is 19.1. The first-order valence-electron chi connectivity index (χ1n) is 6.73. The van der Waals surface area contributed by atoms with Gasteiger partial charge in [-0.25, -0.2) is 4.39 Å². The van der Waals surface area contributed by atoms with Crippen LogP contribution in [0.5, 0.6) is 5.75 Å². The maximum absolute atomic E-state index is 14.0. The SMILES string of the molecule is N#C/C(=N\Nc1c(F)cccc1OC1CCOCC1)C(=N)N. The van der Waals surface area contributed by atoms with E-state index in [1.807, 2.05) is 0 Å². The average Bonchev–Trinajstić information content (AvgIpc) is 2.51. The van der Waals surface area contributed by atoms with Crippen molar-refractivity contribution < 1.29 is 13.9 Å². The van der Waals surface area contributed by atoms with Crippen LogP contribution in [-0.2, 0) is 4.74 Å². The largest absolute Gasteiger partial charge is 0.488 e. The van der Waals surface area contributed by atoms with Gasteiger partial charge in [-0.3, -0.25) is 10.8 Å². The van der Waals surface area contributed by atoms with Gasteiger partial charge in [-0.15, -0.1) is 0 Å². The summed E-state index contributed by atoms with van der Waals surface area (Å²) in [5.74, 6) is -0.788. The molecule has 1 aliphatic rings.